The van der Waals surface area contributed by atoms with Gasteiger partial charge in [-0.2, -0.15) is 0 Å². The lowest BCUT2D eigenvalue weighted by atomic mass is 9.33. The molecule has 2 aliphatic heterocycles. The molecule has 13 aromatic carbocycles. The number of anilines is 6. The third-order valence-electron chi connectivity index (χ3n) is 25.3. The van der Waals surface area contributed by atoms with E-state index in [0.29, 0.717) is 21.8 Å². The van der Waals surface area contributed by atoms with Crippen molar-refractivity contribution in [1.29, 1.82) is 0 Å². The minimum atomic E-state index is -0.521. The summed E-state index contributed by atoms with van der Waals surface area (Å²) in [7, 11) is 0. The van der Waals surface area contributed by atoms with E-state index in [4.69, 9.17) is 0 Å². The molecule has 0 saturated carbocycles. The van der Waals surface area contributed by atoms with Gasteiger partial charge in [0.2, 0.25) is 0 Å². The smallest absolute Gasteiger partial charge is 0.252 e. The van der Waals surface area contributed by atoms with Gasteiger partial charge in [-0.05, 0) is 271 Å². The van der Waals surface area contributed by atoms with Crippen molar-refractivity contribution in [2.45, 2.75) is 240 Å². The van der Waals surface area contributed by atoms with Crippen LogP contribution in [0.4, 0.5) is 34.1 Å². The Labute approximate surface area is 748 Å². The molecule has 123 heavy (non-hydrogen) atoms. The van der Waals surface area contributed by atoms with E-state index in [9.17, 15) is 11.0 Å². The number of para-hydroxylation sites is 2. The van der Waals surface area contributed by atoms with Gasteiger partial charge in [0, 0.05) is 66.8 Å². The molecule has 4 nitrogen and oxygen atoms in total. The predicted molar refractivity (Wildman–Crippen MR) is 537 cm³/mol. The lowest BCUT2D eigenvalue weighted by Crippen LogP contribution is -2.61. The second-order valence-electron chi connectivity index (χ2n) is 45.9. The molecule has 0 atom stereocenters. The topological polar surface area (TPSA) is 16.3 Å². The first kappa shape index (κ1) is 74.7. The summed E-state index contributed by atoms with van der Waals surface area (Å²) in [4.78, 5) is 5.21. The van der Waals surface area contributed by atoms with Gasteiger partial charge in [-0.25, -0.2) is 0 Å². The fourth-order valence-electron chi connectivity index (χ4n) is 19.4. The number of benzene rings is 13. The standard InChI is InChI=1S/C118H131BN4/c1-110(2,3)70-74-48-54-101-95(56-74)89-44-28-30-46-99(89)120(101)87-50-52-97-105(66-87)122(103-68-91(76-36-32-40-82(58-76)114(13,14)15)80(72-112(7,8)9)62-93(103)78-38-34-42-84(60-78)116(19,20)21)107-64-86(118(25,26)27)65-108-109(107)119(97)98-53-51-88(121-100-47-31-29-45-90(100)96-57-75(49-55-102(96)121)71-111(4,5)6)67-106(98)123(108)104-69-92(77-37-33-41-83(59-77)115(16,17)18)81(73-113(10,11)12)63-94(104)79-39-35-43-85(61-79)117(22,23)24/h28-69H,70-73H2,1-27H3/i28D,29D,30D,31D,44D,45D,46D,47D. The van der Waals surface area contributed by atoms with Crippen molar-refractivity contribution in [2.75, 3.05) is 9.80 Å². The van der Waals surface area contributed by atoms with E-state index in [1.54, 1.807) is 0 Å². The van der Waals surface area contributed by atoms with E-state index >= 15 is 0 Å². The number of fused-ring (bicyclic) bond motifs is 10. The van der Waals surface area contributed by atoms with Crippen LogP contribution in [0.15, 0.2) is 255 Å². The fraction of sp³-hybridized carbons (Fsp3) is 0.339. The molecular weight excluding hydrogens is 1480 g/mol. The summed E-state index contributed by atoms with van der Waals surface area (Å²) in [5.74, 6) is 0. The Kier molecular flexibility index (Phi) is 18.2. The maximum Gasteiger partial charge on any atom is 0.252 e. The van der Waals surface area contributed by atoms with Crippen LogP contribution >= 0.6 is 0 Å². The van der Waals surface area contributed by atoms with Crippen LogP contribution < -0.4 is 26.2 Å². The summed E-state index contributed by atoms with van der Waals surface area (Å²) in [6.45, 7) is 61.5. The second-order valence-corrected chi connectivity index (χ2v) is 45.9. The molecule has 0 saturated heterocycles. The highest BCUT2D eigenvalue weighted by Gasteiger charge is 2.46. The fourth-order valence-corrected chi connectivity index (χ4v) is 19.4. The normalized spacial score (nSPS) is 14.6. The van der Waals surface area contributed by atoms with Gasteiger partial charge in [0.25, 0.3) is 6.71 Å². The second kappa shape index (κ2) is 30.0. The Morgan fingerprint density at radius 3 is 0.911 bits per heavy atom. The van der Waals surface area contributed by atoms with Crippen molar-refractivity contribution < 1.29 is 11.0 Å². The highest BCUT2D eigenvalue weighted by atomic mass is 15.2. The zero-order chi connectivity index (χ0) is 94.7. The molecule has 15 aromatic rings. The summed E-state index contributed by atoms with van der Waals surface area (Å²) < 4.78 is 82.5. The molecular formula is C118H131BN4. The van der Waals surface area contributed by atoms with Crippen molar-refractivity contribution in [3.8, 4) is 55.9 Å². The minimum absolute atomic E-state index is 0.0808. The summed E-state index contributed by atoms with van der Waals surface area (Å²) in [5, 5.41) is 2.46. The van der Waals surface area contributed by atoms with Crippen molar-refractivity contribution in [2.24, 2.45) is 21.7 Å². The number of rotatable bonds is 12. The molecule has 0 amide bonds. The molecule has 0 unspecified atom stereocenters. The average Bonchev–Trinajstić information content (AvgIpc) is 1.10. The molecule has 0 aliphatic carbocycles. The number of hydrogen-bond acceptors (Lipinski definition) is 2. The lowest BCUT2D eigenvalue weighted by Gasteiger charge is -2.46. The van der Waals surface area contributed by atoms with Gasteiger partial charge in [0.05, 0.1) is 44.4 Å². The molecule has 17 rings (SSSR count). The largest absolute Gasteiger partial charge is 0.311 e. The predicted octanol–water partition coefficient (Wildman–Crippen LogP) is 31.5. The first-order chi connectivity index (χ1) is 60.9. The Morgan fingerprint density at radius 2 is 0.585 bits per heavy atom. The highest BCUT2D eigenvalue weighted by molar-refractivity contribution is 7.00. The maximum atomic E-state index is 10.2. The van der Waals surface area contributed by atoms with E-state index in [-0.39, 0.29) is 91.7 Å². The van der Waals surface area contributed by atoms with Crippen LogP contribution in [0.25, 0.3) is 99.5 Å². The van der Waals surface area contributed by atoms with Gasteiger partial charge < -0.3 is 18.9 Å². The van der Waals surface area contributed by atoms with Gasteiger partial charge in [-0.3, -0.25) is 0 Å². The molecule has 2 aromatic heterocycles. The van der Waals surface area contributed by atoms with Gasteiger partial charge in [0.1, 0.15) is 0 Å². The molecule has 2 aliphatic rings. The van der Waals surface area contributed by atoms with E-state index in [2.05, 4.69) is 412 Å². The van der Waals surface area contributed by atoms with Crippen molar-refractivity contribution >= 4 is 101 Å². The van der Waals surface area contributed by atoms with Gasteiger partial charge >= 0.3 is 0 Å². The average molecular weight is 1620 g/mol. The van der Waals surface area contributed by atoms with Crippen molar-refractivity contribution in [3.63, 3.8) is 0 Å². The molecule has 4 heterocycles. The lowest BCUT2D eigenvalue weighted by molar-refractivity contribution is 0.411. The van der Waals surface area contributed by atoms with Crippen LogP contribution in [0, 0.1) is 21.7 Å². The number of aromatic nitrogens is 2. The zero-order valence-corrected chi connectivity index (χ0v) is 78.3. The van der Waals surface area contributed by atoms with Gasteiger partial charge in [-0.1, -0.05) is 345 Å². The first-order valence-electron chi connectivity index (χ1n) is 48.8. The van der Waals surface area contributed by atoms with Crippen molar-refractivity contribution in [1.82, 2.24) is 9.13 Å². The molecule has 0 fully saturated rings. The summed E-state index contributed by atoms with van der Waals surface area (Å²) >= 11 is 0. The summed E-state index contributed by atoms with van der Waals surface area (Å²) in [6.07, 6.45) is 3.04. The summed E-state index contributed by atoms with van der Waals surface area (Å²) in [6, 6.07) is 77.1. The van der Waals surface area contributed by atoms with E-state index in [0.717, 1.165) is 171 Å². The maximum absolute atomic E-state index is 10.2. The first-order valence-corrected chi connectivity index (χ1v) is 44.8. The van der Waals surface area contributed by atoms with E-state index < -0.39 is 12.1 Å². The third kappa shape index (κ3) is 16.3. The van der Waals surface area contributed by atoms with Crippen LogP contribution in [0.2, 0.25) is 0 Å². The van der Waals surface area contributed by atoms with Crippen LogP contribution in [0.3, 0.4) is 0 Å². The molecule has 0 N–H and O–H groups in total. The van der Waals surface area contributed by atoms with Crippen LogP contribution in [0.1, 0.15) is 248 Å². The van der Waals surface area contributed by atoms with Crippen molar-refractivity contribution in [3.05, 3.63) is 305 Å². The summed E-state index contributed by atoms with van der Waals surface area (Å²) in [5.41, 5.74) is 30.1. The van der Waals surface area contributed by atoms with E-state index in [1.165, 1.54) is 33.4 Å². The monoisotopic (exact) mass is 1620 g/mol. The van der Waals surface area contributed by atoms with Gasteiger partial charge in [0.15, 0.2) is 0 Å². The van der Waals surface area contributed by atoms with Crippen LogP contribution in [-0.4, -0.2) is 15.8 Å². The Bertz CT molecular complexity index is 6790. The molecule has 0 bridgehead atoms. The van der Waals surface area contributed by atoms with Crippen LogP contribution in [-0.2, 0) is 52.8 Å². The minimum Gasteiger partial charge on any atom is -0.311 e. The Balaban J connectivity index is 1.10. The Morgan fingerprint density at radius 1 is 0.260 bits per heavy atom. The molecule has 0 spiro atoms. The highest BCUT2D eigenvalue weighted by Crippen LogP contribution is 2.55. The third-order valence-corrected chi connectivity index (χ3v) is 25.3. The Hall–Kier alpha value is -10.9. The SMILES string of the molecule is [2H]c1c([2H])c([2H])c2c(c1[2H])c1cc(CC(C)(C)C)ccc1n2-c1ccc2c(c1)N(c1cc(-c3cccc(C(C)(C)C)c3)c(CC(C)(C)C)cc1-c1cccc(C(C)(C)C)c1)c1cc(C(C)(C)C)cc3c1B2c1ccc(-n2c4ccc(CC(C)(C)C)cc4c4c([2H])c([2H])c([2H])c([2H])c42)cc1N3c1cc(-c2cccc(C(C)(C)C)c2)c(CC(C)(C)C)cc1-c1cccc(C(C)(C)C)c1. The molecule has 5 heteroatoms. The molecule has 0 radical (unpaired) electrons. The molecule has 626 valence electrons. The quantitative estimate of drug-likeness (QED) is 0.113. The van der Waals surface area contributed by atoms with Crippen LogP contribution in [0.5, 0.6) is 0 Å². The van der Waals surface area contributed by atoms with Gasteiger partial charge in [-0.15, -0.1) is 0 Å². The number of nitrogens with zero attached hydrogens (tertiary/aromatic N) is 4. The van der Waals surface area contributed by atoms with E-state index in [1.807, 2.05) is 0 Å². The zero-order valence-electron chi connectivity index (χ0n) is 86.3. The number of hydrogen-bond donors (Lipinski definition) is 0.